The van der Waals surface area contributed by atoms with Gasteiger partial charge in [0.05, 0.1) is 11.4 Å². The van der Waals surface area contributed by atoms with E-state index in [0.717, 1.165) is 47.7 Å². The summed E-state index contributed by atoms with van der Waals surface area (Å²) in [6, 6.07) is 3.18. The van der Waals surface area contributed by atoms with Crippen LogP contribution >= 0.6 is 23.1 Å². The number of benzene rings is 1. The van der Waals surface area contributed by atoms with Crippen LogP contribution in [0.3, 0.4) is 0 Å². The quantitative estimate of drug-likeness (QED) is 0.603. The van der Waals surface area contributed by atoms with Crippen molar-refractivity contribution in [3.63, 3.8) is 0 Å². The molecule has 0 fully saturated rings. The molecular formula is C17H16F2N4OS2. The number of nitrogens with zero attached hydrogens (tertiary/aromatic N) is 3. The number of aromatic nitrogens is 3. The van der Waals surface area contributed by atoms with Crippen molar-refractivity contribution < 1.29 is 13.6 Å². The molecule has 1 amide bonds. The fourth-order valence-electron chi connectivity index (χ4n) is 2.28. The van der Waals surface area contributed by atoms with Crippen LogP contribution in [0.2, 0.25) is 0 Å². The van der Waals surface area contributed by atoms with Gasteiger partial charge in [-0.05, 0) is 24.6 Å². The molecule has 0 saturated carbocycles. The van der Waals surface area contributed by atoms with Gasteiger partial charge in [-0.3, -0.25) is 4.79 Å². The Morgan fingerprint density at radius 1 is 1.38 bits per heavy atom. The lowest BCUT2D eigenvalue weighted by molar-refractivity contribution is -0.113. The molecule has 2 heterocycles. The first kappa shape index (κ1) is 18.5. The maximum absolute atomic E-state index is 13.8. The van der Waals surface area contributed by atoms with Gasteiger partial charge in [0.15, 0.2) is 10.3 Å². The van der Waals surface area contributed by atoms with Crippen LogP contribution < -0.4 is 5.32 Å². The second-order valence-electron chi connectivity index (χ2n) is 5.40. The third-order valence-corrected chi connectivity index (χ3v) is 5.19. The summed E-state index contributed by atoms with van der Waals surface area (Å²) in [7, 11) is 0. The molecule has 0 radical (unpaired) electrons. The molecule has 0 saturated heterocycles. The molecule has 0 spiro atoms. The Morgan fingerprint density at radius 3 is 3.04 bits per heavy atom. The number of rotatable bonds is 7. The number of carbonyl (C=O) groups excluding carboxylic acids is 1. The average molecular weight is 394 g/mol. The molecule has 26 heavy (non-hydrogen) atoms. The first-order valence-electron chi connectivity index (χ1n) is 7.91. The Balaban J connectivity index is 1.61. The Labute approximate surface area is 157 Å². The van der Waals surface area contributed by atoms with E-state index < -0.39 is 11.6 Å². The zero-order valence-corrected chi connectivity index (χ0v) is 15.5. The smallest absolute Gasteiger partial charge is 0.236 e. The number of halogens is 2. The van der Waals surface area contributed by atoms with Crippen LogP contribution in [-0.2, 0) is 11.3 Å². The molecule has 0 aliphatic heterocycles. The van der Waals surface area contributed by atoms with Gasteiger partial charge in [0.25, 0.3) is 0 Å². The molecule has 3 aromatic rings. The number of hydrogen-bond donors (Lipinski definition) is 1. The third-order valence-electron chi connectivity index (χ3n) is 3.43. The van der Waals surface area contributed by atoms with Gasteiger partial charge in [-0.1, -0.05) is 18.7 Å². The van der Waals surface area contributed by atoms with Crippen LogP contribution in [0, 0.1) is 11.6 Å². The van der Waals surface area contributed by atoms with Crippen LogP contribution in [0.15, 0.2) is 41.1 Å². The van der Waals surface area contributed by atoms with Crippen LogP contribution in [0.5, 0.6) is 0 Å². The predicted octanol–water partition coefficient (Wildman–Crippen LogP) is 4.43. The van der Waals surface area contributed by atoms with Gasteiger partial charge in [-0.15, -0.1) is 11.3 Å². The van der Waals surface area contributed by atoms with E-state index in [9.17, 15) is 13.6 Å². The molecule has 0 atom stereocenters. The number of nitrogens with one attached hydrogen (secondary N) is 1. The molecule has 9 heteroatoms. The number of aryl methyl sites for hydroxylation is 1. The molecule has 0 aliphatic rings. The van der Waals surface area contributed by atoms with Gasteiger partial charge in [-0.2, -0.15) is 0 Å². The second kappa shape index (κ2) is 8.41. The molecule has 136 valence electrons. The molecule has 0 aliphatic carbocycles. The first-order valence-corrected chi connectivity index (χ1v) is 9.78. The van der Waals surface area contributed by atoms with Crippen molar-refractivity contribution in [2.75, 3.05) is 11.1 Å². The number of imidazole rings is 1. The fraction of sp³-hybridized carbons (Fsp3) is 0.235. The highest BCUT2D eigenvalue weighted by molar-refractivity contribution is 7.99. The highest BCUT2D eigenvalue weighted by atomic mass is 32.2. The van der Waals surface area contributed by atoms with Gasteiger partial charge in [0, 0.05) is 29.9 Å². The van der Waals surface area contributed by atoms with E-state index in [1.54, 1.807) is 11.6 Å². The van der Waals surface area contributed by atoms with Crippen molar-refractivity contribution in [1.29, 1.82) is 0 Å². The Bertz CT molecular complexity index is 910. The summed E-state index contributed by atoms with van der Waals surface area (Å²) < 4.78 is 29.1. The average Bonchev–Trinajstić information content (AvgIpc) is 3.25. The van der Waals surface area contributed by atoms with Gasteiger partial charge in [0.1, 0.15) is 11.6 Å². The van der Waals surface area contributed by atoms with Crippen LogP contribution in [0.25, 0.3) is 11.3 Å². The molecular weight excluding hydrogens is 378 g/mol. The lowest BCUT2D eigenvalue weighted by atomic mass is 10.1. The molecule has 3 rings (SSSR count). The SMILES string of the molecule is CCCn1ccnc1SCC(=O)Nc1nc(-c2cc(F)ccc2F)cs1. The molecule has 2 aromatic heterocycles. The van der Waals surface area contributed by atoms with E-state index in [0.29, 0.717) is 5.13 Å². The van der Waals surface area contributed by atoms with Gasteiger partial charge in [-0.25, -0.2) is 18.7 Å². The minimum absolute atomic E-state index is 0.0673. The molecule has 0 unspecified atom stereocenters. The van der Waals surface area contributed by atoms with Crippen LogP contribution in [-0.4, -0.2) is 26.2 Å². The number of hydrogen-bond acceptors (Lipinski definition) is 5. The maximum atomic E-state index is 13.8. The highest BCUT2D eigenvalue weighted by Crippen LogP contribution is 2.28. The monoisotopic (exact) mass is 394 g/mol. The van der Waals surface area contributed by atoms with E-state index in [4.69, 9.17) is 0 Å². The zero-order chi connectivity index (χ0) is 18.5. The fourth-order valence-corrected chi connectivity index (χ4v) is 3.79. The van der Waals surface area contributed by atoms with Crippen molar-refractivity contribution in [1.82, 2.24) is 14.5 Å². The number of anilines is 1. The zero-order valence-electron chi connectivity index (χ0n) is 13.9. The molecule has 1 aromatic carbocycles. The van der Waals surface area contributed by atoms with E-state index in [-0.39, 0.29) is 22.9 Å². The summed E-state index contributed by atoms with van der Waals surface area (Å²) in [5.74, 6) is -1.15. The summed E-state index contributed by atoms with van der Waals surface area (Å²) >= 11 is 2.50. The van der Waals surface area contributed by atoms with Crippen molar-refractivity contribution in [2.24, 2.45) is 0 Å². The Morgan fingerprint density at radius 2 is 2.23 bits per heavy atom. The van der Waals surface area contributed by atoms with Crippen molar-refractivity contribution in [2.45, 2.75) is 25.0 Å². The van der Waals surface area contributed by atoms with E-state index >= 15 is 0 Å². The second-order valence-corrected chi connectivity index (χ2v) is 7.20. The van der Waals surface area contributed by atoms with Gasteiger partial charge in [0.2, 0.25) is 5.91 Å². The summed E-state index contributed by atoms with van der Waals surface area (Å²) in [5, 5.41) is 5.37. The lowest BCUT2D eigenvalue weighted by Crippen LogP contribution is -2.14. The topological polar surface area (TPSA) is 59.8 Å². The predicted molar refractivity (Wildman–Crippen MR) is 99.3 cm³/mol. The number of amides is 1. The van der Waals surface area contributed by atoms with E-state index in [1.807, 2.05) is 10.8 Å². The minimum Gasteiger partial charge on any atom is -0.326 e. The van der Waals surface area contributed by atoms with Gasteiger partial charge >= 0.3 is 0 Å². The van der Waals surface area contributed by atoms with Crippen molar-refractivity contribution in [3.8, 4) is 11.3 Å². The molecule has 1 N–H and O–H groups in total. The van der Waals surface area contributed by atoms with E-state index in [1.165, 1.54) is 11.8 Å². The number of thioether (sulfide) groups is 1. The van der Waals surface area contributed by atoms with Crippen LogP contribution in [0.4, 0.5) is 13.9 Å². The van der Waals surface area contributed by atoms with Crippen molar-refractivity contribution >= 4 is 34.1 Å². The summed E-state index contributed by atoms with van der Waals surface area (Å²) in [4.78, 5) is 20.5. The molecule has 0 bridgehead atoms. The first-order chi connectivity index (χ1) is 12.6. The highest BCUT2D eigenvalue weighted by Gasteiger charge is 2.13. The lowest BCUT2D eigenvalue weighted by Gasteiger charge is -2.05. The Kier molecular flexibility index (Phi) is 6.00. The summed E-state index contributed by atoms with van der Waals surface area (Å²) in [5.41, 5.74) is 0.353. The third kappa shape index (κ3) is 4.47. The largest absolute Gasteiger partial charge is 0.326 e. The normalized spacial score (nSPS) is 10.9. The maximum Gasteiger partial charge on any atom is 0.236 e. The number of thiazole rings is 1. The summed E-state index contributed by atoms with van der Waals surface area (Å²) in [6.45, 7) is 2.92. The van der Waals surface area contributed by atoms with Crippen LogP contribution in [0.1, 0.15) is 13.3 Å². The van der Waals surface area contributed by atoms with Gasteiger partial charge < -0.3 is 9.88 Å². The summed E-state index contributed by atoms with van der Waals surface area (Å²) in [6.07, 6.45) is 4.57. The Hall–Kier alpha value is -2.26. The van der Waals surface area contributed by atoms with Crippen molar-refractivity contribution in [3.05, 3.63) is 47.6 Å². The number of carbonyl (C=O) groups is 1. The van der Waals surface area contributed by atoms with E-state index in [2.05, 4.69) is 22.2 Å². The standard InChI is InChI=1S/C17H16F2N4OS2/c1-2-6-23-7-5-20-17(23)26-10-15(24)22-16-21-14(9-25-16)12-8-11(18)3-4-13(12)19/h3-5,7-9H,2,6,10H2,1H3,(H,21,22,24). The minimum atomic E-state index is -0.562. The molecule has 5 nitrogen and oxygen atoms in total.